The van der Waals surface area contributed by atoms with Gasteiger partial charge in [0.05, 0.1) is 5.69 Å². The van der Waals surface area contributed by atoms with Gasteiger partial charge in [0, 0.05) is 77.8 Å². The number of hydrogen-bond acceptors (Lipinski definition) is 5. The maximum absolute atomic E-state index is 6.46. The molecular weight excluding hydrogens is 717 g/mol. The number of allylic oxidation sites excluding steroid dienone is 1. The summed E-state index contributed by atoms with van der Waals surface area (Å²) in [5.74, 6) is 0.169. The molecule has 10 aromatic rings. The minimum absolute atomic E-state index is 0.169. The zero-order valence-corrected chi connectivity index (χ0v) is 31.6. The fourth-order valence-corrected chi connectivity index (χ4v) is 10.3. The van der Waals surface area contributed by atoms with Crippen LogP contribution >= 0.6 is 11.8 Å². The molecule has 270 valence electrons. The first-order valence-corrected chi connectivity index (χ1v) is 20.2. The summed E-state index contributed by atoms with van der Waals surface area (Å²) in [5.41, 5.74) is 14.1. The van der Waals surface area contributed by atoms with Gasteiger partial charge in [0.15, 0.2) is 0 Å². The van der Waals surface area contributed by atoms with E-state index in [-0.39, 0.29) is 5.92 Å². The summed E-state index contributed by atoms with van der Waals surface area (Å²) in [7, 11) is 0. The Kier molecular flexibility index (Phi) is 7.26. The van der Waals surface area contributed by atoms with Crippen molar-refractivity contribution in [3.8, 4) is 0 Å². The van der Waals surface area contributed by atoms with Gasteiger partial charge >= 0.3 is 0 Å². The number of nitrogens with zero attached hydrogens (tertiary/aromatic N) is 2. The van der Waals surface area contributed by atoms with E-state index in [9.17, 15) is 0 Å². The maximum Gasteiger partial charge on any atom is 0.137 e. The van der Waals surface area contributed by atoms with Crippen molar-refractivity contribution in [3.63, 3.8) is 0 Å². The SMILES string of the molecule is c1ccc([C@@H]2Cc3ccccc3C3=C2N(c2cccc(N(c4ccc5c(c4)oc4ccccc45)c4ccc5c(c4)oc4ccccc45)c2)c2ccccc2S3)cc1. The predicted molar refractivity (Wildman–Crippen MR) is 236 cm³/mol. The molecule has 4 nitrogen and oxygen atoms in total. The Bertz CT molecular complexity index is 3120. The van der Waals surface area contributed by atoms with Crippen LogP contribution in [0.15, 0.2) is 207 Å². The summed E-state index contributed by atoms with van der Waals surface area (Å²) in [4.78, 5) is 7.42. The van der Waals surface area contributed by atoms with E-state index < -0.39 is 0 Å². The molecule has 0 saturated heterocycles. The van der Waals surface area contributed by atoms with E-state index in [0.717, 1.165) is 73.0 Å². The zero-order valence-electron chi connectivity index (χ0n) is 30.8. The van der Waals surface area contributed by atoms with Crippen LogP contribution in [0.25, 0.3) is 48.8 Å². The van der Waals surface area contributed by atoms with Crippen molar-refractivity contribution >= 4 is 89.0 Å². The van der Waals surface area contributed by atoms with Gasteiger partial charge in [-0.25, -0.2) is 0 Å². The molecule has 0 fully saturated rings. The molecule has 0 bridgehead atoms. The number of thioether (sulfide) groups is 1. The number of hydrogen-bond donors (Lipinski definition) is 0. The molecule has 1 atom stereocenters. The topological polar surface area (TPSA) is 32.8 Å². The average Bonchev–Trinajstić information content (AvgIpc) is 3.83. The molecule has 3 heterocycles. The van der Waals surface area contributed by atoms with Gasteiger partial charge in [-0.05, 0) is 89.8 Å². The first-order chi connectivity index (χ1) is 28.2. The van der Waals surface area contributed by atoms with Gasteiger partial charge in [-0.1, -0.05) is 121 Å². The molecule has 2 aromatic heterocycles. The van der Waals surface area contributed by atoms with Crippen molar-refractivity contribution in [2.75, 3.05) is 9.80 Å². The second kappa shape index (κ2) is 12.8. The van der Waals surface area contributed by atoms with Crippen molar-refractivity contribution in [2.24, 2.45) is 0 Å². The highest BCUT2D eigenvalue weighted by Crippen LogP contribution is 2.57. The molecule has 0 amide bonds. The molecular formula is C52H34N2O2S. The van der Waals surface area contributed by atoms with Crippen molar-refractivity contribution < 1.29 is 8.83 Å². The lowest BCUT2D eigenvalue weighted by Crippen LogP contribution is -2.29. The third kappa shape index (κ3) is 5.16. The monoisotopic (exact) mass is 750 g/mol. The smallest absolute Gasteiger partial charge is 0.137 e. The molecule has 1 aliphatic heterocycles. The standard InChI is InChI=1S/C52H34N2O2S/c1-2-13-33(14-3-1)44-29-34-15-4-5-18-39(34)52-51(44)54(45-21-8-11-24-50(45)57-52)36-17-12-16-35(30-36)53(37-25-27-42-40-19-6-9-22-46(40)55-48(42)31-37)38-26-28-43-41-20-7-10-23-47(41)56-49(43)32-38/h1-28,30-32,44H,29H2/t44-/m0/s1. The highest BCUT2D eigenvalue weighted by Gasteiger charge is 2.37. The van der Waals surface area contributed by atoms with Crippen molar-refractivity contribution in [1.29, 1.82) is 0 Å². The molecule has 1 aliphatic carbocycles. The van der Waals surface area contributed by atoms with Crippen LogP contribution in [0, 0.1) is 0 Å². The predicted octanol–water partition coefficient (Wildman–Crippen LogP) is 14.9. The lowest BCUT2D eigenvalue weighted by Gasteiger charge is -2.42. The zero-order chi connectivity index (χ0) is 37.5. The number of benzene rings is 8. The molecule has 0 radical (unpaired) electrons. The van der Waals surface area contributed by atoms with E-state index >= 15 is 0 Å². The molecule has 0 unspecified atom stereocenters. The summed E-state index contributed by atoms with van der Waals surface area (Å²) in [6, 6.07) is 67.4. The lowest BCUT2D eigenvalue weighted by atomic mass is 9.81. The highest BCUT2D eigenvalue weighted by atomic mass is 32.2. The first kappa shape index (κ1) is 32.3. The molecule has 0 N–H and O–H groups in total. The third-order valence-corrected chi connectivity index (χ3v) is 12.8. The van der Waals surface area contributed by atoms with Crippen molar-refractivity contribution in [3.05, 3.63) is 210 Å². The second-order valence-corrected chi connectivity index (χ2v) is 15.9. The van der Waals surface area contributed by atoms with Gasteiger partial charge < -0.3 is 18.6 Å². The largest absolute Gasteiger partial charge is 0.456 e. The van der Waals surface area contributed by atoms with Crippen LogP contribution in [0.4, 0.5) is 28.4 Å². The van der Waals surface area contributed by atoms with Gasteiger partial charge in [-0.3, -0.25) is 0 Å². The summed E-state index contributed by atoms with van der Waals surface area (Å²) in [5, 5.41) is 4.43. The quantitative estimate of drug-likeness (QED) is 0.175. The Morgan fingerprint density at radius 2 is 1.09 bits per heavy atom. The van der Waals surface area contributed by atoms with Gasteiger partial charge in [0.2, 0.25) is 0 Å². The number of rotatable bonds is 5. The van der Waals surface area contributed by atoms with E-state index in [1.807, 2.05) is 36.0 Å². The number of furan rings is 2. The lowest BCUT2D eigenvalue weighted by molar-refractivity contribution is 0.669. The fourth-order valence-electron chi connectivity index (χ4n) is 9.03. The van der Waals surface area contributed by atoms with Gasteiger partial charge in [0.1, 0.15) is 22.3 Å². The summed E-state index contributed by atoms with van der Waals surface area (Å²) >= 11 is 1.90. The molecule has 2 aliphatic rings. The van der Waals surface area contributed by atoms with E-state index in [0.29, 0.717) is 0 Å². The maximum atomic E-state index is 6.46. The van der Waals surface area contributed by atoms with Crippen LogP contribution in [-0.2, 0) is 6.42 Å². The van der Waals surface area contributed by atoms with Gasteiger partial charge in [-0.2, -0.15) is 0 Å². The Balaban J connectivity index is 1.08. The van der Waals surface area contributed by atoms with E-state index in [1.165, 1.54) is 37.9 Å². The number of para-hydroxylation sites is 3. The minimum atomic E-state index is 0.169. The Labute approximate surface area is 333 Å². The molecule has 0 saturated carbocycles. The molecule has 5 heteroatoms. The number of anilines is 5. The Morgan fingerprint density at radius 1 is 0.491 bits per heavy atom. The van der Waals surface area contributed by atoms with E-state index in [1.54, 1.807) is 0 Å². The van der Waals surface area contributed by atoms with Crippen LogP contribution in [0.3, 0.4) is 0 Å². The summed E-state index contributed by atoms with van der Waals surface area (Å²) < 4.78 is 12.9. The average molecular weight is 751 g/mol. The normalized spacial score (nSPS) is 14.9. The van der Waals surface area contributed by atoms with Crippen molar-refractivity contribution in [2.45, 2.75) is 17.2 Å². The van der Waals surface area contributed by atoms with E-state index in [2.05, 4.69) is 174 Å². The minimum Gasteiger partial charge on any atom is -0.456 e. The molecule has 8 aromatic carbocycles. The molecule has 57 heavy (non-hydrogen) atoms. The van der Waals surface area contributed by atoms with Gasteiger partial charge in [-0.15, -0.1) is 0 Å². The summed E-state index contributed by atoms with van der Waals surface area (Å²) in [6.45, 7) is 0. The van der Waals surface area contributed by atoms with Crippen LogP contribution in [0.2, 0.25) is 0 Å². The second-order valence-electron chi connectivity index (χ2n) is 14.9. The number of fused-ring (bicyclic) bond motifs is 9. The van der Waals surface area contributed by atoms with E-state index in [4.69, 9.17) is 8.83 Å². The molecule has 0 spiro atoms. The summed E-state index contributed by atoms with van der Waals surface area (Å²) in [6.07, 6.45) is 0.930. The van der Waals surface area contributed by atoms with Crippen LogP contribution in [-0.4, -0.2) is 0 Å². The van der Waals surface area contributed by atoms with Gasteiger partial charge in [0.25, 0.3) is 0 Å². The fraction of sp³-hybridized carbons (Fsp3) is 0.0385. The van der Waals surface area contributed by atoms with Crippen LogP contribution < -0.4 is 9.80 Å². The Morgan fingerprint density at radius 3 is 1.82 bits per heavy atom. The van der Waals surface area contributed by atoms with Crippen LogP contribution in [0.5, 0.6) is 0 Å². The first-order valence-electron chi connectivity index (χ1n) is 19.4. The highest BCUT2D eigenvalue weighted by molar-refractivity contribution is 8.08. The Hall–Kier alpha value is -6.95. The third-order valence-electron chi connectivity index (χ3n) is 11.6. The molecule has 12 rings (SSSR count). The van der Waals surface area contributed by atoms with Crippen molar-refractivity contribution in [1.82, 2.24) is 0 Å². The van der Waals surface area contributed by atoms with Crippen LogP contribution in [0.1, 0.15) is 22.6 Å².